The molecule has 1 aromatic carbocycles. The van der Waals surface area contributed by atoms with E-state index in [1.807, 2.05) is 0 Å². The Balaban J connectivity index is 0.00000225. The van der Waals surface area contributed by atoms with Crippen molar-refractivity contribution in [1.82, 2.24) is 0 Å². The number of hydrogen-bond acceptors (Lipinski definition) is 1. The number of aldehydes is 1. The van der Waals surface area contributed by atoms with Crippen molar-refractivity contribution < 1.29 is 73.5 Å². The molecule has 0 aliphatic rings. The molecule has 0 amide bonds. The summed E-state index contributed by atoms with van der Waals surface area (Å²) in [5.41, 5.74) is -0.121. The summed E-state index contributed by atoms with van der Waals surface area (Å²) in [7, 11) is 0. The predicted octanol–water partition coefficient (Wildman–Crippen LogP) is 0.0420. The van der Waals surface area contributed by atoms with E-state index in [0.29, 0.717) is 12.4 Å². The number of hydrogen-bond donors (Lipinski definition) is 0. The Bertz CT molecular complexity index is 403. The first kappa shape index (κ1) is 16.1. The smallest absolute Gasteiger partial charge is 0.445 e. The molecule has 0 unspecified atom stereocenters. The fraction of sp³-hybridized carbons (Fsp3) is 0. The SMILES string of the molecule is O=Cc1ccc(F)c(/C=C/[B-](F)(F)F)c1.[K+]. The van der Waals surface area contributed by atoms with Gasteiger partial charge in [0.25, 0.3) is 0 Å². The maximum atomic E-state index is 13.0. The molecular weight excluding hydrogens is 250 g/mol. The summed E-state index contributed by atoms with van der Waals surface area (Å²) in [4.78, 5) is 10.3. The molecule has 0 aromatic heterocycles. The van der Waals surface area contributed by atoms with E-state index in [9.17, 15) is 22.1 Å². The van der Waals surface area contributed by atoms with E-state index >= 15 is 0 Å². The van der Waals surface area contributed by atoms with Gasteiger partial charge in [-0.1, -0.05) is 6.08 Å². The minimum absolute atomic E-state index is 0. The second-order valence-electron chi connectivity index (χ2n) is 2.88. The van der Waals surface area contributed by atoms with E-state index in [0.717, 1.165) is 12.1 Å². The normalized spacial score (nSPS) is 11.2. The standard InChI is InChI=1S/C9H6BF4O.K/c11-9-2-1-7(6-15)5-8(9)3-4-10(12,13)14;/h1-6H;/q-1;+1/b4-3+;. The summed E-state index contributed by atoms with van der Waals surface area (Å²) in [6, 6.07) is 3.20. The molecule has 0 saturated carbocycles. The van der Waals surface area contributed by atoms with Gasteiger partial charge in [0.05, 0.1) is 0 Å². The van der Waals surface area contributed by atoms with Crippen molar-refractivity contribution in [3.8, 4) is 0 Å². The van der Waals surface area contributed by atoms with Gasteiger partial charge in [0.15, 0.2) is 0 Å². The first-order valence-corrected chi connectivity index (χ1v) is 4.06. The van der Waals surface area contributed by atoms with Crippen molar-refractivity contribution in [2.24, 2.45) is 0 Å². The van der Waals surface area contributed by atoms with Crippen LogP contribution in [0.5, 0.6) is 0 Å². The molecule has 0 spiro atoms. The van der Waals surface area contributed by atoms with E-state index in [1.54, 1.807) is 0 Å². The first-order chi connectivity index (χ1) is 6.92. The van der Waals surface area contributed by atoms with Gasteiger partial charge in [-0.3, -0.25) is 4.79 Å². The summed E-state index contributed by atoms with van der Waals surface area (Å²) < 4.78 is 48.5. The molecule has 0 heterocycles. The molecule has 0 atom stereocenters. The average molecular weight is 256 g/mol. The molecule has 7 heteroatoms. The van der Waals surface area contributed by atoms with Crippen molar-refractivity contribution >= 4 is 19.3 Å². The topological polar surface area (TPSA) is 17.1 Å². The Kier molecular flexibility index (Phi) is 6.73. The number of rotatable bonds is 3. The van der Waals surface area contributed by atoms with Gasteiger partial charge in [0.1, 0.15) is 12.1 Å². The minimum Gasteiger partial charge on any atom is -0.445 e. The predicted molar refractivity (Wildman–Crippen MR) is 49.9 cm³/mol. The third kappa shape index (κ3) is 5.40. The Morgan fingerprint density at radius 3 is 2.31 bits per heavy atom. The van der Waals surface area contributed by atoms with E-state index in [4.69, 9.17) is 0 Å². The molecule has 0 aliphatic carbocycles. The van der Waals surface area contributed by atoms with Crippen LogP contribution in [0.3, 0.4) is 0 Å². The van der Waals surface area contributed by atoms with Gasteiger partial charge in [0, 0.05) is 11.1 Å². The van der Waals surface area contributed by atoms with Crippen molar-refractivity contribution in [2.45, 2.75) is 0 Å². The van der Waals surface area contributed by atoms with Gasteiger partial charge in [-0.05, 0) is 18.2 Å². The van der Waals surface area contributed by atoms with Crippen molar-refractivity contribution in [3.63, 3.8) is 0 Å². The van der Waals surface area contributed by atoms with Crippen LogP contribution in [0.2, 0.25) is 0 Å². The fourth-order valence-electron chi connectivity index (χ4n) is 0.976. The monoisotopic (exact) mass is 256 g/mol. The largest absolute Gasteiger partial charge is 1.00 e. The molecule has 0 saturated heterocycles. The summed E-state index contributed by atoms with van der Waals surface area (Å²) >= 11 is 0. The van der Waals surface area contributed by atoms with Crippen LogP contribution in [0.25, 0.3) is 6.08 Å². The molecule has 80 valence electrons. The molecule has 1 rings (SSSR count). The van der Waals surface area contributed by atoms with Crippen LogP contribution in [-0.4, -0.2) is 13.3 Å². The second kappa shape index (κ2) is 6.71. The molecule has 1 aromatic rings. The average Bonchev–Trinajstić information content (AvgIpc) is 2.15. The molecule has 0 N–H and O–H groups in total. The molecule has 0 bridgehead atoms. The molecule has 0 aliphatic heterocycles. The van der Waals surface area contributed by atoms with Gasteiger partial charge >= 0.3 is 58.4 Å². The van der Waals surface area contributed by atoms with Crippen molar-refractivity contribution in [2.75, 3.05) is 0 Å². The molecule has 1 nitrogen and oxygen atoms in total. The van der Waals surface area contributed by atoms with E-state index < -0.39 is 12.8 Å². The van der Waals surface area contributed by atoms with Gasteiger partial charge in [-0.25, -0.2) is 4.39 Å². The van der Waals surface area contributed by atoms with E-state index in [2.05, 4.69) is 0 Å². The summed E-state index contributed by atoms with van der Waals surface area (Å²) in [6.07, 6.45) is 1.05. The van der Waals surface area contributed by atoms with Crippen molar-refractivity contribution in [1.29, 1.82) is 0 Å². The number of carbonyl (C=O) groups is 1. The van der Waals surface area contributed by atoms with Gasteiger partial charge in [-0.2, -0.15) is 0 Å². The van der Waals surface area contributed by atoms with E-state index in [1.165, 1.54) is 6.07 Å². The summed E-state index contributed by atoms with van der Waals surface area (Å²) in [5.74, 6) is -0.815. The fourth-order valence-corrected chi connectivity index (χ4v) is 0.976. The van der Waals surface area contributed by atoms with Gasteiger partial charge in [-0.15, -0.1) is 5.98 Å². The Hall–Kier alpha value is 0.0513. The molecular formula is C9H6BF4KO. The summed E-state index contributed by atoms with van der Waals surface area (Å²) in [5, 5.41) is 0. The van der Waals surface area contributed by atoms with Crippen LogP contribution >= 0.6 is 0 Å². The zero-order valence-corrected chi connectivity index (χ0v) is 11.6. The maximum Gasteiger partial charge on any atom is 1.00 e. The Morgan fingerprint density at radius 1 is 1.19 bits per heavy atom. The van der Waals surface area contributed by atoms with Crippen LogP contribution < -0.4 is 51.4 Å². The second-order valence-corrected chi connectivity index (χ2v) is 2.88. The molecule has 0 fully saturated rings. The third-order valence-corrected chi connectivity index (χ3v) is 1.65. The molecule has 16 heavy (non-hydrogen) atoms. The van der Waals surface area contributed by atoms with Gasteiger partial charge < -0.3 is 12.9 Å². The van der Waals surface area contributed by atoms with Gasteiger partial charge in [0.2, 0.25) is 0 Å². The minimum atomic E-state index is -5.09. The quantitative estimate of drug-likeness (QED) is 0.424. The van der Waals surface area contributed by atoms with Crippen LogP contribution in [-0.2, 0) is 0 Å². The van der Waals surface area contributed by atoms with Crippen molar-refractivity contribution in [3.05, 3.63) is 41.1 Å². The zero-order chi connectivity index (χ0) is 11.5. The van der Waals surface area contributed by atoms with Crippen LogP contribution in [0.1, 0.15) is 15.9 Å². The third-order valence-electron chi connectivity index (χ3n) is 1.65. The zero-order valence-electron chi connectivity index (χ0n) is 8.46. The number of halogens is 4. The molecule has 0 radical (unpaired) electrons. The Morgan fingerprint density at radius 2 is 1.81 bits per heavy atom. The van der Waals surface area contributed by atoms with Crippen LogP contribution in [0, 0.1) is 5.82 Å². The van der Waals surface area contributed by atoms with Crippen LogP contribution in [0.4, 0.5) is 17.3 Å². The van der Waals surface area contributed by atoms with E-state index in [-0.39, 0.29) is 68.5 Å². The first-order valence-electron chi connectivity index (χ1n) is 4.06. The number of carbonyl (C=O) groups excluding carboxylic acids is 1. The summed E-state index contributed by atoms with van der Waals surface area (Å²) in [6.45, 7) is -5.09. The number of benzene rings is 1. The van der Waals surface area contributed by atoms with Crippen LogP contribution in [0.15, 0.2) is 24.2 Å². The Labute approximate surface area is 132 Å². The maximum absolute atomic E-state index is 13.0.